The maximum Gasteiger partial charge on any atom is 0.234 e. The Labute approximate surface area is 147 Å². The van der Waals surface area contributed by atoms with Crippen molar-refractivity contribution < 1.29 is 14.3 Å². The summed E-state index contributed by atoms with van der Waals surface area (Å²) in [6.45, 7) is 7.11. The SMILES string of the molecule is Cc1cnn(C(C)C(C)NCC(=O)NCc2ccc3c(c2)OCO3)c1. The molecule has 2 aromatic rings. The van der Waals surface area contributed by atoms with Crippen LogP contribution in [0.2, 0.25) is 0 Å². The van der Waals surface area contributed by atoms with E-state index in [-0.39, 0.29) is 31.3 Å². The lowest BCUT2D eigenvalue weighted by Gasteiger charge is -2.21. The van der Waals surface area contributed by atoms with Crippen molar-refractivity contribution in [3.63, 3.8) is 0 Å². The number of rotatable bonds is 7. The molecule has 7 heteroatoms. The fraction of sp³-hybridized carbons (Fsp3) is 0.444. The summed E-state index contributed by atoms with van der Waals surface area (Å²) in [6.07, 6.45) is 3.84. The highest BCUT2D eigenvalue weighted by atomic mass is 16.7. The summed E-state index contributed by atoms with van der Waals surface area (Å²) in [4.78, 5) is 12.1. The molecule has 1 aromatic carbocycles. The number of hydrogen-bond donors (Lipinski definition) is 2. The lowest BCUT2D eigenvalue weighted by atomic mass is 10.1. The molecule has 2 atom stereocenters. The van der Waals surface area contributed by atoms with Crippen molar-refractivity contribution in [2.45, 2.75) is 39.4 Å². The largest absolute Gasteiger partial charge is 0.454 e. The van der Waals surface area contributed by atoms with E-state index in [1.54, 1.807) is 0 Å². The van der Waals surface area contributed by atoms with E-state index in [4.69, 9.17) is 9.47 Å². The van der Waals surface area contributed by atoms with E-state index >= 15 is 0 Å². The molecule has 0 radical (unpaired) electrons. The van der Waals surface area contributed by atoms with Gasteiger partial charge < -0.3 is 20.1 Å². The van der Waals surface area contributed by atoms with Crippen LogP contribution in [-0.4, -0.2) is 35.1 Å². The van der Waals surface area contributed by atoms with Crippen LogP contribution in [0.1, 0.15) is 31.0 Å². The van der Waals surface area contributed by atoms with Crippen molar-refractivity contribution in [2.24, 2.45) is 0 Å². The quantitative estimate of drug-likeness (QED) is 0.800. The second-order valence-corrected chi connectivity index (χ2v) is 6.37. The molecular weight excluding hydrogens is 320 g/mol. The molecule has 0 bridgehead atoms. The Bertz CT molecular complexity index is 744. The highest BCUT2D eigenvalue weighted by Crippen LogP contribution is 2.32. The van der Waals surface area contributed by atoms with Gasteiger partial charge in [0, 0.05) is 18.8 Å². The van der Waals surface area contributed by atoms with Crippen LogP contribution in [0.4, 0.5) is 0 Å². The Morgan fingerprint density at radius 1 is 1.32 bits per heavy atom. The molecule has 3 rings (SSSR count). The minimum Gasteiger partial charge on any atom is -0.454 e. The van der Waals surface area contributed by atoms with Gasteiger partial charge in [-0.05, 0) is 44.0 Å². The maximum absolute atomic E-state index is 12.1. The van der Waals surface area contributed by atoms with E-state index in [1.165, 1.54) is 0 Å². The monoisotopic (exact) mass is 344 g/mol. The number of fused-ring (bicyclic) bond motifs is 1. The number of benzene rings is 1. The summed E-state index contributed by atoms with van der Waals surface area (Å²) in [7, 11) is 0. The zero-order valence-corrected chi connectivity index (χ0v) is 14.8. The second-order valence-electron chi connectivity index (χ2n) is 6.37. The van der Waals surface area contributed by atoms with Gasteiger partial charge in [-0.2, -0.15) is 5.10 Å². The molecule has 0 fully saturated rings. The number of carbonyl (C=O) groups is 1. The number of carbonyl (C=O) groups excluding carboxylic acids is 1. The van der Waals surface area contributed by atoms with Crippen molar-refractivity contribution in [3.8, 4) is 11.5 Å². The zero-order valence-electron chi connectivity index (χ0n) is 14.8. The third-order valence-corrected chi connectivity index (χ3v) is 4.38. The van der Waals surface area contributed by atoms with Gasteiger partial charge in [-0.1, -0.05) is 6.07 Å². The van der Waals surface area contributed by atoms with Crippen molar-refractivity contribution in [1.82, 2.24) is 20.4 Å². The van der Waals surface area contributed by atoms with Crippen molar-refractivity contribution in [3.05, 3.63) is 41.7 Å². The van der Waals surface area contributed by atoms with E-state index in [1.807, 2.05) is 49.1 Å². The maximum atomic E-state index is 12.1. The molecule has 1 amide bonds. The number of hydrogen-bond acceptors (Lipinski definition) is 5. The first-order valence-electron chi connectivity index (χ1n) is 8.42. The average molecular weight is 344 g/mol. The first kappa shape index (κ1) is 17.3. The van der Waals surface area contributed by atoms with E-state index in [9.17, 15) is 4.79 Å². The molecule has 1 aliphatic heterocycles. The molecule has 0 saturated carbocycles. The van der Waals surface area contributed by atoms with E-state index in [0.717, 1.165) is 22.6 Å². The Morgan fingerprint density at radius 3 is 2.88 bits per heavy atom. The summed E-state index contributed by atoms with van der Waals surface area (Å²) < 4.78 is 12.5. The highest BCUT2D eigenvalue weighted by molar-refractivity contribution is 5.78. The van der Waals surface area contributed by atoms with Crippen LogP contribution in [0.15, 0.2) is 30.6 Å². The molecule has 0 saturated heterocycles. The number of nitrogens with one attached hydrogen (secondary N) is 2. The average Bonchev–Trinajstić information content (AvgIpc) is 3.25. The van der Waals surface area contributed by atoms with E-state index in [2.05, 4.69) is 22.7 Å². The summed E-state index contributed by atoms with van der Waals surface area (Å²) >= 11 is 0. The lowest BCUT2D eigenvalue weighted by molar-refractivity contribution is -0.120. The van der Waals surface area contributed by atoms with Crippen molar-refractivity contribution in [2.75, 3.05) is 13.3 Å². The van der Waals surface area contributed by atoms with Gasteiger partial charge in [-0.25, -0.2) is 0 Å². The molecule has 2 heterocycles. The topological polar surface area (TPSA) is 77.4 Å². The predicted molar refractivity (Wildman–Crippen MR) is 93.6 cm³/mol. The van der Waals surface area contributed by atoms with Crippen LogP contribution in [0.3, 0.4) is 0 Å². The smallest absolute Gasteiger partial charge is 0.234 e. The normalized spacial score (nSPS) is 15.0. The highest BCUT2D eigenvalue weighted by Gasteiger charge is 2.16. The zero-order chi connectivity index (χ0) is 17.8. The lowest BCUT2D eigenvalue weighted by Crippen LogP contribution is -2.41. The summed E-state index contributed by atoms with van der Waals surface area (Å²) in [5.74, 6) is 1.42. The summed E-state index contributed by atoms with van der Waals surface area (Å²) in [5, 5.41) is 10.5. The molecule has 25 heavy (non-hydrogen) atoms. The Kier molecular flexibility index (Phi) is 5.23. The van der Waals surface area contributed by atoms with Gasteiger partial charge in [0.05, 0.1) is 18.8 Å². The fourth-order valence-corrected chi connectivity index (χ4v) is 2.62. The van der Waals surface area contributed by atoms with E-state index < -0.39 is 0 Å². The number of aromatic nitrogens is 2. The minimum absolute atomic E-state index is 0.0478. The van der Waals surface area contributed by atoms with Gasteiger partial charge in [-0.15, -0.1) is 0 Å². The standard InChI is InChI=1S/C18H24N4O3/c1-12-7-21-22(10-12)14(3)13(2)19-9-18(23)20-8-15-4-5-16-17(6-15)25-11-24-16/h4-7,10,13-14,19H,8-9,11H2,1-3H3,(H,20,23). The Morgan fingerprint density at radius 2 is 2.12 bits per heavy atom. The van der Waals surface area contributed by atoms with Gasteiger partial charge >= 0.3 is 0 Å². The molecule has 0 aliphatic carbocycles. The van der Waals surface area contributed by atoms with Gasteiger partial charge in [0.1, 0.15) is 0 Å². The second kappa shape index (κ2) is 7.57. The van der Waals surface area contributed by atoms with Crippen LogP contribution in [0, 0.1) is 6.92 Å². The summed E-state index contributed by atoms with van der Waals surface area (Å²) in [5.41, 5.74) is 2.10. The van der Waals surface area contributed by atoms with E-state index in [0.29, 0.717) is 6.54 Å². The first-order valence-corrected chi connectivity index (χ1v) is 8.42. The number of ether oxygens (including phenoxy) is 2. The van der Waals surface area contributed by atoms with Gasteiger partial charge in [-0.3, -0.25) is 9.48 Å². The molecule has 2 unspecified atom stereocenters. The van der Waals surface area contributed by atoms with Crippen molar-refractivity contribution in [1.29, 1.82) is 0 Å². The number of nitrogens with zero attached hydrogens (tertiary/aromatic N) is 2. The van der Waals surface area contributed by atoms with Crippen LogP contribution in [-0.2, 0) is 11.3 Å². The van der Waals surface area contributed by atoms with Gasteiger partial charge in [0.15, 0.2) is 11.5 Å². The number of amides is 1. The number of aryl methyl sites for hydroxylation is 1. The molecular formula is C18H24N4O3. The molecule has 134 valence electrons. The van der Waals surface area contributed by atoms with Crippen LogP contribution in [0.25, 0.3) is 0 Å². The molecule has 0 spiro atoms. The Hall–Kier alpha value is -2.54. The van der Waals surface area contributed by atoms with Crippen molar-refractivity contribution >= 4 is 5.91 Å². The third kappa shape index (κ3) is 4.30. The minimum atomic E-state index is -0.0478. The molecule has 1 aliphatic rings. The molecule has 7 nitrogen and oxygen atoms in total. The van der Waals surface area contributed by atoms with Crippen LogP contribution < -0.4 is 20.1 Å². The Balaban J connectivity index is 1.43. The van der Waals surface area contributed by atoms with Crippen LogP contribution >= 0.6 is 0 Å². The first-order chi connectivity index (χ1) is 12.0. The van der Waals surface area contributed by atoms with Gasteiger partial charge in [0.25, 0.3) is 0 Å². The molecule has 2 N–H and O–H groups in total. The fourth-order valence-electron chi connectivity index (χ4n) is 2.62. The summed E-state index contributed by atoms with van der Waals surface area (Å²) in [6, 6.07) is 5.95. The van der Waals surface area contributed by atoms with Gasteiger partial charge in [0.2, 0.25) is 12.7 Å². The predicted octanol–water partition coefficient (Wildman–Crippen LogP) is 1.78. The third-order valence-electron chi connectivity index (χ3n) is 4.38. The van der Waals surface area contributed by atoms with Crippen LogP contribution in [0.5, 0.6) is 11.5 Å². The molecule has 1 aromatic heterocycles.